The van der Waals surface area contributed by atoms with E-state index in [1.165, 1.54) is 0 Å². The van der Waals surface area contributed by atoms with Gasteiger partial charge in [-0.1, -0.05) is 19.1 Å². The van der Waals surface area contributed by atoms with Gasteiger partial charge in [-0.2, -0.15) is 0 Å². The molecule has 1 unspecified atom stereocenters. The van der Waals surface area contributed by atoms with Crippen LogP contribution in [0.5, 0.6) is 5.75 Å². The van der Waals surface area contributed by atoms with E-state index in [-0.39, 0.29) is 13.2 Å². The first-order chi connectivity index (χ1) is 9.13. The molecule has 0 radical (unpaired) electrons. The van der Waals surface area contributed by atoms with Crippen LogP contribution in [0.2, 0.25) is 0 Å². The highest BCUT2D eigenvalue weighted by Gasteiger charge is 2.23. The van der Waals surface area contributed by atoms with Crippen molar-refractivity contribution in [2.45, 2.75) is 32.2 Å². The van der Waals surface area contributed by atoms with Crippen molar-refractivity contribution in [1.29, 1.82) is 0 Å². The normalized spacial score (nSPS) is 14.1. The van der Waals surface area contributed by atoms with Gasteiger partial charge >= 0.3 is 0 Å². The second-order valence-corrected chi connectivity index (χ2v) is 5.05. The fourth-order valence-electron chi connectivity index (χ4n) is 1.70. The molecule has 108 valence electrons. The lowest BCUT2D eigenvalue weighted by Crippen LogP contribution is -2.50. The van der Waals surface area contributed by atoms with E-state index in [1.807, 2.05) is 31.2 Å². The van der Waals surface area contributed by atoms with Gasteiger partial charge in [-0.15, -0.1) is 0 Å². The van der Waals surface area contributed by atoms with E-state index in [2.05, 4.69) is 12.2 Å². The zero-order chi connectivity index (χ0) is 14.1. The van der Waals surface area contributed by atoms with Crippen LogP contribution in [-0.4, -0.2) is 42.1 Å². The van der Waals surface area contributed by atoms with Gasteiger partial charge in [0.25, 0.3) is 0 Å². The molecule has 0 bridgehead atoms. The molecule has 1 aromatic rings. The molecular formula is C15H25NO3. The highest BCUT2D eigenvalue weighted by atomic mass is 16.5. The van der Waals surface area contributed by atoms with Gasteiger partial charge in [0.15, 0.2) is 0 Å². The van der Waals surface area contributed by atoms with E-state index in [1.54, 1.807) is 0 Å². The lowest BCUT2D eigenvalue weighted by atomic mass is 10.1. The van der Waals surface area contributed by atoms with Crippen molar-refractivity contribution >= 4 is 0 Å². The van der Waals surface area contributed by atoms with E-state index in [9.17, 15) is 5.11 Å². The van der Waals surface area contributed by atoms with Crippen LogP contribution < -0.4 is 10.1 Å². The predicted octanol–water partition coefficient (Wildman–Crippen LogP) is 1.35. The standard InChI is InChI=1S/C15H25NO3/c1-3-9-16-15(2,11-18)12-19-14-6-4-13(5-7-14)8-10-17/h4-7,16-18H,3,8-12H2,1-2H3. The molecule has 4 nitrogen and oxygen atoms in total. The van der Waals surface area contributed by atoms with E-state index in [4.69, 9.17) is 9.84 Å². The molecule has 0 aliphatic heterocycles. The fourth-order valence-corrected chi connectivity index (χ4v) is 1.70. The minimum Gasteiger partial charge on any atom is -0.492 e. The fraction of sp³-hybridized carbons (Fsp3) is 0.600. The van der Waals surface area contributed by atoms with Gasteiger partial charge in [0, 0.05) is 6.61 Å². The zero-order valence-electron chi connectivity index (χ0n) is 11.9. The summed E-state index contributed by atoms with van der Waals surface area (Å²) in [5.41, 5.74) is 0.670. The largest absolute Gasteiger partial charge is 0.492 e. The predicted molar refractivity (Wildman–Crippen MR) is 76.5 cm³/mol. The average Bonchev–Trinajstić information content (AvgIpc) is 2.45. The SMILES string of the molecule is CCCNC(C)(CO)COc1ccc(CCO)cc1. The monoisotopic (exact) mass is 267 g/mol. The molecule has 19 heavy (non-hydrogen) atoms. The number of hydrogen-bond acceptors (Lipinski definition) is 4. The van der Waals surface area contributed by atoms with E-state index in [0.29, 0.717) is 13.0 Å². The Balaban J connectivity index is 2.49. The Hall–Kier alpha value is -1.10. The Bertz CT molecular complexity index is 353. The molecule has 0 aliphatic carbocycles. The van der Waals surface area contributed by atoms with Gasteiger partial charge < -0.3 is 20.3 Å². The van der Waals surface area contributed by atoms with Crippen molar-refractivity contribution in [3.8, 4) is 5.75 Å². The lowest BCUT2D eigenvalue weighted by Gasteiger charge is -2.28. The Labute approximate surface area is 115 Å². The Morgan fingerprint density at radius 2 is 1.89 bits per heavy atom. The number of aliphatic hydroxyl groups is 2. The molecular weight excluding hydrogens is 242 g/mol. The summed E-state index contributed by atoms with van der Waals surface area (Å²) in [5, 5.41) is 21.6. The maximum atomic E-state index is 9.43. The third kappa shape index (κ3) is 5.59. The molecule has 0 aromatic heterocycles. The Kier molecular flexibility index (Phi) is 6.84. The number of rotatable bonds is 9. The number of hydrogen-bond donors (Lipinski definition) is 3. The molecule has 0 fully saturated rings. The molecule has 1 atom stereocenters. The lowest BCUT2D eigenvalue weighted by molar-refractivity contribution is 0.116. The highest BCUT2D eigenvalue weighted by Crippen LogP contribution is 2.14. The summed E-state index contributed by atoms with van der Waals surface area (Å²) in [6, 6.07) is 7.67. The molecule has 0 aliphatic rings. The number of aliphatic hydroxyl groups excluding tert-OH is 2. The van der Waals surface area contributed by atoms with Crippen LogP contribution in [0.3, 0.4) is 0 Å². The summed E-state index contributed by atoms with van der Waals surface area (Å²) in [5.74, 6) is 0.777. The van der Waals surface area contributed by atoms with Crippen molar-refractivity contribution in [2.24, 2.45) is 0 Å². The quantitative estimate of drug-likeness (QED) is 0.632. The molecule has 0 saturated heterocycles. The third-order valence-corrected chi connectivity index (χ3v) is 3.03. The van der Waals surface area contributed by atoms with E-state index < -0.39 is 5.54 Å². The smallest absolute Gasteiger partial charge is 0.119 e. The van der Waals surface area contributed by atoms with Gasteiger partial charge in [-0.25, -0.2) is 0 Å². The summed E-state index contributed by atoms with van der Waals surface area (Å²) < 4.78 is 5.71. The van der Waals surface area contributed by atoms with Gasteiger partial charge in [-0.05, 0) is 44.0 Å². The molecule has 1 rings (SSSR count). The molecule has 0 spiro atoms. The molecule has 4 heteroatoms. The molecule has 1 aromatic carbocycles. The van der Waals surface area contributed by atoms with Crippen molar-refractivity contribution in [3.05, 3.63) is 29.8 Å². The van der Waals surface area contributed by atoms with Crippen LogP contribution in [0.1, 0.15) is 25.8 Å². The van der Waals surface area contributed by atoms with E-state index in [0.717, 1.165) is 24.3 Å². The Morgan fingerprint density at radius 1 is 1.21 bits per heavy atom. The maximum Gasteiger partial charge on any atom is 0.119 e. The van der Waals surface area contributed by atoms with Gasteiger partial charge in [-0.3, -0.25) is 0 Å². The van der Waals surface area contributed by atoms with Gasteiger partial charge in [0.05, 0.1) is 12.1 Å². The van der Waals surface area contributed by atoms with Crippen LogP contribution in [-0.2, 0) is 6.42 Å². The van der Waals surface area contributed by atoms with Crippen molar-refractivity contribution in [2.75, 3.05) is 26.4 Å². The van der Waals surface area contributed by atoms with Gasteiger partial charge in [0.2, 0.25) is 0 Å². The number of benzene rings is 1. The van der Waals surface area contributed by atoms with Crippen LogP contribution in [0.4, 0.5) is 0 Å². The van der Waals surface area contributed by atoms with Crippen LogP contribution in [0.25, 0.3) is 0 Å². The summed E-state index contributed by atoms with van der Waals surface area (Å²) in [6.07, 6.45) is 1.68. The second kappa shape index (κ2) is 8.15. The molecule has 0 amide bonds. The maximum absolute atomic E-state index is 9.43. The van der Waals surface area contributed by atoms with Crippen molar-refractivity contribution < 1.29 is 14.9 Å². The average molecular weight is 267 g/mol. The van der Waals surface area contributed by atoms with E-state index >= 15 is 0 Å². The topological polar surface area (TPSA) is 61.7 Å². The Morgan fingerprint density at radius 3 is 2.42 bits per heavy atom. The minimum atomic E-state index is -0.417. The first-order valence-electron chi connectivity index (χ1n) is 6.82. The minimum absolute atomic E-state index is 0.0373. The summed E-state index contributed by atoms with van der Waals surface area (Å²) in [6.45, 7) is 5.51. The second-order valence-electron chi connectivity index (χ2n) is 5.05. The zero-order valence-corrected chi connectivity index (χ0v) is 11.9. The van der Waals surface area contributed by atoms with Crippen molar-refractivity contribution in [3.63, 3.8) is 0 Å². The molecule has 3 N–H and O–H groups in total. The first kappa shape index (κ1) is 16.0. The van der Waals surface area contributed by atoms with Crippen LogP contribution >= 0.6 is 0 Å². The van der Waals surface area contributed by atoms with Crippen LogP contribution in [0.15, 0.2) is 24.3 Å². The highest BCUT2D eigenvalue weighted by molar-refractivity contribution is 5.27. The summed E-state index contributed by atoms with van der Waals surface area (Å²) in [4.78, 5) is 0. The molecule has 0 saturated carbocycles. The first-order valence-corrected chi connectivity index (χ1v) is 6.82. The number of nitrogens with one attached hydrogen (secondary N) is 1. The third-order valence-electron chi connectivity index (χ3n) is 3.03. The van der Waals surface area contributed by atoms with Gasteiger partial charge in [0.1, 0.15) is 12.4 Å². The van der Waals surface area contributed by atoms with Crippen molar-refractivity contribution in [1.82, 2.24) is 5.32 Å². The number of ether oxygens (including phenoxy) is 1. The summed E-state index contributed by atoms with van der Waals surface area (Å²) >= 11 is 0. The molecule has 0 heterocycles. The van der Waals surface area contributed by atoms with Crippen LogP contribution in [0, 0.1) is 0 Å². The summed E-state index contributed by atoms with van der Waals surface area (Å²) in [7, 11) is 0.